The molecule has 212 valence electrons. The van der Waals surface area contributed by atoms with E-state index in [0.717, 1.165) is 35.0 Å². The molecule has 0 amide bonds. The topological polar surface area (TPSA) is 156 Å². The van der Waals surface area contributed by atoms with Gasteiger partial charge in [-0.3, -0.25) is 0 Å². The molecule has 0 fully saturated rings. The third-order valence-electron chi connectivity index (χ3n) is 5.97. The van der Waals surface area contributed by atoms with Gasteiger partial charge in [-0.25, -0.2) is 37.7 Å². The van der Waals surface area contributed by atoms with Crippen LogP contribution in [0.1, 0.15) is 12.7 Å². The lowest BCUT2D eigenvalue weighted by atomic mass is 9.99. The molecule has 1 atom stereocenters. The highest BCUT2D eigenvalue weighted by molar-refractivity contribution is 7.99. The van der Waals surface area contributed by atoms with Crippen molar-refractivity contribution < 1.29 is 35.9 Å². The number of hydrogen-bond donors (Lipinski definition) is 3. The average Bonchev–Trinajstić information content (AvgIpc) is 3.18. The van der Waals surface area contributed by atoms with Gasteiger partial charge in [-0.1, -0.05) is 19.1 Å². The zero-order valence-corrected chi connectivity index (χ0v) is 22.5. The van der Waals surface area contributed by atoms with Crippen molar-refractivity contribution >= 4 is 33.6 Å². The van der Waals surface area contributed by atoms with Crippen molar-refractivity contribution in [2.75, 3.05) is 17.8 Å². The van der Waals surface area contributed by atoms with Crippen LogP contribution in [0.25, 0.3) is 22.4 Å². The van der Waals surface area contributed by atoms with Gasteiger partial charge >= 0.3 is 12.1 Å². The van der Waals surface area contributed by atoms with Crippen molar-refractivity contribution in [3.8, 4) is 22.4 Å². The zero-order valence-electron chi connectivity index (χ0n) is 20.8. The number of thioether (sulfide) groups is 1. The fraction of sp³-hybridized carbons (Fsp3) is 0.208. The van der Waals surface area contributed by atoms with Crippen LogP contribution in [-0.4, -0.2) is 52.6 Å². The number of nitrogens with zero attached hydrogens (tertiary/aromatic N) is 4. The standard InChI is InChI=1S/C24H22F4N6O4S2/c1-3-33-21(39-2)17(22(35)36)19(29)34(33)20-16(13-5-4-6-15(11-13)40(30,37)38)18(12-7-9-14(25)10-8-12)31-23(32-20)24(26,27)28/h4-11,21H,3,29H2,1-2H3,(H,35,36)(H2,30,37,38). The van der Waals surface area contributed by atoms with E-state index in [4.69, 9.17) is 10.9 Å². The van der Waals surface area contributed by atoms with E-state index < -0.39 is 50.8 Å². The van der Waals surface area contributed by atoms with Gasteiger partial charge in [0, 0.05) is 12.1 Å². The Balaban J connectivity index is 2.18. The molecule has 10 nitrogen and oxygen atoms in total. The highest BCUT2D eigenvalue weighted by Gasteiger charge is 2.44. The number of carboxylic acids is 1. The highest BCUT2D eigenvalue weighted by atomic mass is 32.2. The lowest BCUT2D eigenvalue weighted by Gasteiger charge is -2.34. The Labute approximate surface area is 230 Å². The van der Waals surface area contributed by atoms with Gasteiger partial charge < -0.3 is 10.8 Å². The van der Waals surface area contributed by atoms with Crippen LogP contribution in [0, 0.1) is 5.82 Å². The summed E-state index contributed by atoms with van der Waals surface area (Å²) in [5.74, 6) is -4.50. The first-order valence-corrected chi connectivity index (χ1v) is 14.2. The molecular formula is C24H22F4N6O4S2. The second-order valence-corrected chi connectivity index (χ2v) is 10.9. The first kappa shape index (κ1) is 29.3. The monoisotopic (exact) mass is 598 g/mol. The van der Waals surface area contributed by atoms with Crippen LogP contribution in [0.4, 0.5) is 23.4 Å². The summed E-state index contributed by atoms with van der Waals surface area (Å²) >= 11 is 1.09. The van der Waals surface area contributed by atoms with E-state index in [-0.39, 0.29) is 39.4 Å². The van der Waals surface area contributed by atoms with Crippen molar-refractivity contribution in [1.29, 1.82) is 0 Å². The Morgan fingerprint density at radius 2 is 1.77 bits per heavy atom. The van der Waals surface area contributed by atoms with Gasteiger partial charge in [-0.05, 0) is 48.2 Å². The lowest BCUT2D eigenvalue weighted by molar-refractivity contribution is -0.144. The van der Waals surface area contributed by atoms with E-state index in [9.17, 15) is 35.9 Å². The predicted molar refractivity (Wildman–Crippen MR) is 140 cm³/mol. The van der Waals surface area contributed by atoms with Crippen molar-refractivity contribution in [3.63, 3.8) is 0 Å². The van der Waals surface area contributed by atoms with E-state index in [0.29, 0.717) is 0 Å². The molecular weight excluding hydrogens is 576 g/mol. The minimum absolute atomic E-state index is 0.0305. The number of nitrogens with two attached hydrogens (primary N) is 2. The second kappa shape index (κ2) is 10.7. The third-order valence-corrected chi connectivity index (χ3v) is 7.81. The first-order valence-electron chi connectivity index (χ1n) is 11.4. The molecule has 4 rings (SSSR count). The number of primary sulfonamides is 1. The largest absolute Gasteiger partial charge is 0.478 e. The van der Waals surface area contributed by atoms with Gasteiger partial charge in [0.15, 0.2) is 5.82 Å². The molecule has 0 aliphatic carbocycles. The van der Waals surface area contributed by atoms with Crippen LogP contribution in [0.3, 0.4) is 0 Å². The number of aliphatic carboxylic acids is 1. The molecule has 1 aliphatic heterocycles. The molecule has 2 heterocycles. The molecule has 1 aliphatic rings. The molecule has 0 spiro atoms. The van der Waals surface area contributed by atoms with Crippen molar-refractivity contribution in [3.05, 3.63) is 71.6 Å². The number of anilines is 1. The lowest BCUT2D eigenvalue weighted by Crippen LogP contribution is -2.44. The molecule has 5 N–H and O–H groups in total. The number of likely N-dealkylation sites (N-methyl/N-ethyl adjacent to an activating group) is 1. The van der Waals surface area contributed by atoms with Gasteiger partial charge in [0.1, 0.15) is 22.6 Å². The molecule has 0 radical (unpaired) electrons. The number of sulfonamides is 1. The second-order valence-electron chi connectivity index (χ2n) is 8.43. The van der Waals surface area contributed by atoms with Crippen molar-refractivity contribution in [2.24, 2.45) is 10.9 Å². The van der Waals surface area contributed by atoms with E-state index in [1.165, 1.54) is 35.3 Å². The molecule has 1 aromatic heterocycles. The molecule has 0 saturated carbocycles. The number of carboxylic acid groups (broad SMARTS) is 1. The fourth-order valence-corrected chi connectivity index (χ4v) is 5.77. The number of aromatic nitrogens is 2. The Morgan fingerprint density at radius 1 is 1.12 bits per heavy atom. The maximum atomic E-state index is 14.1. The normalized spacial score (nSPS) is 16.6. The quantitative estimate of drug-likeness (QED) is 0.344. The smallest absolute Gasteiger partial charge is 0.451 e. The molecule has 2 aromatic carbocycles. The SMILES string of the molecule is CCN1C(SC)C(C(=O)O)=C(N)N1c1nc(C(F)(F)F)nc(-c2ccc(F)cc2)c1-c1cccc(S(N)(=O)=O)c1. The summed E-state index contributed by atoms with van der Waals surface area (Å²) in [5.41, 5.74) is 5.59. The Morgan fingerprint density at radius 3 is 2.30 bits per heavy atom. The molecule has 40 heavy (non-hydrogen) atoms. The predicted octanol–water partition coefficient (Wildman–Crippen LogP) is 3.62. The van der Waals surface area contributed by atoms with Crippen LogP contribution in [0.2, 0.25) is 0 Å². The van der Waals surface area contributed by atoms with Gasteiger partial charge in [0.25, 0.3) is 0 Å². The Kier molecular flexibility index (Phi) is 7.81. The summed E-state index contributed by atoms with van der Waals surface area (Å²) in [7, 11) is -4.25. The molecule has 1 unspecified atom stereocenters. The van der Waals surface area contributed by atoms with Crippen LogP contribution in [-0.2, 0) is 21.0 Å². The number of carbonyl (C=O) groups is 1. The summed E-state index contributed by atoms with van der Waals surface area (Å²) in [6.07, 6.45) is -3.46. The molecule has 16 heteroatoms. The van der Waals surface area contributed by atoms with E-state index in [1.54, 1.807) is 13.2 Å². The third kappa shape index (κ3) is 5.34. The summed E-state index contributed by atoms with van der Waals surface area (Å²) in [4.78, 5) is 19.3. The van der Waals surface area contributed by atoms with Crippen LogP contribution < -0.4 is 15.9 Å². The Hall–Kier alpha value is -3.73. The van der Waals surface area contributed by atoms with Gasteiger partial charge in [-0.2, -0.15) is 18.2 Å². The Bertz CT molecular complexity index is 1610. The number of hydrazine groups is 1. The van der Waals surface area contributed by atoms with E-state index >= 15 is 0 Å². The summed E-state index contributed by atoms with van der Waals surface area (Å²) < 4.78 is 80.4. The van der Waals surface area contributed by atoms with Crippen molar-refractivity contribution in [2.45, 2.75) is 23.4 Å². The number of alkyl halides is 3. The fourth-order valence-electron chi connectivity index (χ4n) is 4.27. The summed E-state index contributed by atoms with van der Waals surface area (Å²) in [6, 6.07) is 9.45. The van der Waals surface area contributed by atoms with Gasteiger partial charge in [-0.15, -0.1) is 11.8 Å². The number of hydrogen-bond acceptors (Lipinski definition) is 9. The van der Waals surface area contributed by atoms with Crippen LogP contribution in [0.5, 0.6) is 0 Å². The molecule has 0 bridgehead atoms. The minimum atomic E-state index is -5.06. The van der Waals surface area contributed by atoms with Crippen LogP contribution >= 0.6 is 11.8 Å². The van der Waals surface area contributed by atoms with Gasteiger partial charge in [0.05, 0.1) is 16.2 Å². The van der Waals surface area contributed by atoms with Gasteiger partial charge in [0.2, 0.25) is 15.8 Å². The van der Waals surface area contributed by atoms with Crippen LogP contribution in [0.15, 0.2) is 64.8 Å². The van der Waals surface area contributed by atoms with E-state index in [1.807, 2.05) is 0 Å². The van der Waals surface area contributed by atoms with E-state index in [2.05, 4.69) is 9.97 Å². The summed E-state index contributed by atoms with van der Waals surface area (Å²) in [5, 5.41) is 16.7. The number of halogens is 4. The average molecular weight is 599 g/mol. The molecule has 3 aromatic rings. The summed E-state index contributed by atoms with van der Waals surface area (Å²) in [6.45, 7) is 1.74. The zero-order chi connectivity index (χ0) is 29.6. The maximum absolute atomic E-state index is 14.1. The number of rotatable bonds is 7. The maximum Gasteiger partial charge on any atom is 0.451 e. The number of benzene rings is 2. The first-order chi connectivity index (χ1) is 18.7. The highest BCUT2D eigenvalue weighted by Crippen LogP contribution is 2.45. The molecule has 0 saturated heterocycles. The minimum Gasteiger partial charge on any atom is -0.478 e. The van der Waals surface area contributed by atoms with Crippen molar-refractivity contribution in [1.82, 2.24) is 15.0 Å².